The molecule has 3 rings (SSSR count). The SMILES string of the molecule is COc1cc2ncnc(-c3ccc(CC(N)=O)cc3)c2cc1O. The number of methoxy groups -OCH3 is 1. The second-order valence-electron chi connectivity index (χ2n) is 5.10. The number of nitrogens with zero attached hydrogens (tertiary/aromatic N) is 2. The van der Waals surface area contributed by atoms with Crippen LogP contribution in [0.4, 0.5) is 0 Å². The number of nitrogens with two attached hydrogens (primary N) is 1. The molecule has 0 fully saturated rings. The first-order valence-corrected chi connectivity index (χ1v) is 6.98. The van der Waals surface area contributed by atoms with Crippen LogP contribution < -0.4 is 10.5 Å². The summed E-state index contributed by atoms with van der Waals surface area (Å²) in [6.07, 6.45) is 1.66. The summed E-state index contributed by atoms with van der Waals surface area (Å²) in [6, 6.07) is 10.6. The summed E-state index contributed by atoms with van der Waals surface area (Å²) in [7, 11) is 1.49. The van der Waals surface area contributed by atoms with Crippen LogP contribution in [-0.4, -0.2) is 28.1 Å². The van der Waals surface area contributed by atoms with E-state index in [2.05, 4.69) is 9.97 Å². The minimum atomic E-state index is -0.373. The third-order valence-corrected chi connectivity index (χ3v) is 3.54. The van der Waals surface area contributed by atoms with Gasteiger partial charge in [-0.3, -0.25) is 4.79 Å². The van der Waals surface area contributed by atoms with Gasteiger partial charge in [0.2, 0.25) is 5.91 Å². The fraction of sp³-hybridized carbons (Fsp3) is 0.118. The van der Waals surface area contributed by atoms with Crippen molar-refractivity contribution in [3.8, 4) is 22.8 Å². The Morgan fingerprint density at radius 1 is 1.22 bits per heavy atom. The Hall–Kier alpha value is -3.15. The van der Waals surface area contributed by atoms with Crippen LogP contribution in [-0.2, 0) is 11.2 Å². The van der Waals surface area contributed by atoms with Gasteiger partial charge >= 0.3 is 0 Å². The summed E-state index contributed by atoms with van der Waals surface area (Å²) < 4.78 is 5.10. The van der Waals surface area contributed by atoms with Crippen LogP contribution in [0.15, 0.2) is 42.7 Å². The molecule has 0 aliphatic heterocycles. The molecule has 6 heteroatoms. The zero-order valence-electron chi connectivity index (χ0n) is 12.5. The molecule has 2 aromatic carbocycles. The molecular formula is C17H15N3O3. The largest absolute Gasteiger partial charge is 0.504 e. The topological polar surface area (TPSA) is 98.3 Å². The molecule has 1 aromatic heterocycles. The Bertz CT molecular complexity index is 876. The molecule has 0 atom stereocenters. The highest BCUT2D eigenvalue weighted by Gasteiger charge is 2.11. The van der Waals surface area contributed by atoms with Gasteiger partial charge in [-0.15, -0.1) is 0 Å². The summed E-state index contributed by atoms with van der Waals surface area (Å²) in [6.45, 7) is 0. The average Bonchev–Trinajstić information content (AvgIpc) is 2.54. The maximum atomic E-state index is 11.0. The number of ether oxygens (including phenoxy) is 1. The molecule has 0 aliphatic rings. The molecule has 23 heavy (non-hydrogen) atoms. The molecule has 0 saturated carbocycles. The zero-order valence-corrected chi connectivity index (χ0v) is 12.5. The lowest BCUT2D eigenvalue weighted by molar-refractivity contribution is -0.117. The van der Waals surface area contributed by atoms with Crippen molar-refractivity contribution in [2.75, 3.05) is 7.11 Å². The van der Waals surface area contributed by atoms with E-state index >= 15 is 0 Å². The zero-order chi connectivity index (χ0) is 16.4. The molecule has 0 aliphatic carbocycles. The number of phenols is 1. The van der Waals surface area contributed by atoms with Gasteiger partial charge in [-0.25, -0.2) is 9.97 Å². The number of aromatic nitrogens is 2. The van der Waals surface area contributed by atoms with E-state index in [0.29, 0.717) is 22.3 Å². The molecule has 0 radical (unpaired) electrons. The Labute approximate surface area is 132 Å². The number of fused-ring (bicyclic) bond motifs is 1. The monoisotopic (exact) mass is 309 g/mol. The maximum absolute atomic E-state index is 11.0. The number of hydrogen-bond acceptors (Lipinski definition) is 5. The number of phenolic OH excluding ortho intramolecular Hbond substituents is 1. The Balaban J connectivity index is 2.09. The highest BCUT2D eigenvalue weighted by Crippen LogP contribution is 2.34. The number of primary amides is 1. The minimum Gasteiger partial charge on any atom is -0.504 e. The number of benzene rings is 2. The highest BCUT2D eigenvalue weighted by molar-refractivity contribution is 5.94. The van der Waals surface area contributed by atoms with E-state index in [1.165, 1.54) is 13.4 Å². The van der Waals surface area contributed by atoms with Crippen LogP contribution in [0, 0.1) is 0 Å². The quantitative estimate of drug-likeness (QED) is 0.768. The first kappa shape index (κ1) is 14.8. The van der Waals surface area contributed by atoms with E-state index in [4.69, 9.17) is 10.5 Å². The summed E-state index contributed by atoms with van der Waals surface area (Å²) in [5.41, 5.74) is 8.25. The highest BCUT2D eigenvalue weighted by atomic mass is 16.5. The van der Waals surface area contributed by atoms with Crippen LogP contribution >= 0.6 is 0 Å². The lowest BCUT2D eigenvalue weighted by Crippen LogP contribution is -2.13. The van der Waals surface area contributed by atoms with Gasteiger partial charge in [0.25, 0.3) is 0 Å². The number of hydrogen-bond donors (Lipinski definition) is 2. The summed E-state index contributed by atoms with van der Waals surface area (Å²) in [5.74, 6) is 0.0163. The summed E-state index contributed by atoms with van der Waals surface area (Å²) >= 11 is 0. The smallest absolute Gasteiger partial charge is 0.221 e. The molecule has 0 spiro atoms. The van der Waals surface area contributed by atoms with Crippen LogP contribution in [0.5, 0.6) is 11.5 Å². The van der Waals surface area contributed by atoms with Crippen molar-refractivity contribution >= 4 is 16.8 Å². The van der Waals surface area contributed by atoms with Crippen molar-refractivity contribution in [2.24, 2.45) is 5.73 Å². The summed E-state index contributed by atoms with van der Waals surface area (Å²) in [4.78, 5) is 19.5. The second kappa shape index (κ2) is 5.92. The Morgan fingerprint density at radius 2 is 1.96 bits per heavy atom. The first-order chi connectivity index (χ1) is 11.1. The van der Waals surface area contributed by atoms with E-state index in [1.54, 1.807) is 12.1 Å². The predicted octanol–water partition coefficient (Wildman–Crippen LogP) is 2.04. The molecule has 3 aromatic rings. The minimum absolute atomic E-state index is 0.0291. The third-order valence-electron chi connectivity index (χ3n) is 3.54. The van der Waals surface area contributed by atoms with Gasteiger partial charge in [0.1, 0.15) is 6.33 Å². The van der Waals surface area contributed by atoms with E-state index in [-0.39, 0.29) is 18.1 Å². The Kier molecular flexibility index (Phi) is 3.80. The van der Waals surface area contributed by atoms with Crippen LogP contribution in [0.1, 0.15) is 5.56 Å². The molecule has 116 valence electrons. The number of aromatic hydroxyl groups is 1. The standard InChI is InChI=1S/C17H15N3O3/c1-23-15-8-13-12(7-14(15)21)17(20-9-19-13)11-4-2-10(3-5-11)6-16(18)22/h2-5,7-9,21H,6H2,1H3,(H2,18,22). The van der Waals surface area contributed by atoms with Gasteiger partial charge in [-0.1, -0.05) is 24.3 Å². The van der Waals surface area contributed by atoms with Crippen LogP contribution in [0.25, 0.3) is 22.2 Å². The maximum Gasteiger partial charge on any atom is 0.221 e. The van der Waals surface area contributed by atoms with Crippen molar-refractivity contribution in [3.63, 3.8) is 0 Å². The van der Waals surface area contributed by atoms with Gasteiger partial charge in [-0.2, -0.15) is 0 Å². The van der Waals surface area contributed by atoms with Crippen molar-refractivity contribution in [2.45, 2.75) is 6.42 Å². The first-order valence-electron chi connectivity index (χ1n) is 6.98. The normalized spacial score (nSPS) is 10.7. The fourth-order valence-corrected chi connectivity index (χ4v) is 2.45. The van der Waals surface area contributed by atoms with E-state index < -0.39 is 0 Å². The van der Waals surface area contributed by atoms with Gasteiger partial charge in [-0.05, 0) is 11.6 Å². The van der Waals surface area contributed by atoms with Gasteiger partial charge in [0.05, 0.1) is 24.7 Å². The molecule has 3 N–H and O–H groups in total. The van der Waals surface area contributed by atoms with Crippen molar-refractivity contribution < 1.29 is 14.6 Å². The molecule has 0 saturated heterocycles. The molecular weight excluding hydrogens is 294 g/mol. The van der Waals surface area contributed by atoms with E-state index in [9.17, 15) is 9.90 Å². The van der Waals surface area contributed by atoms with E-state index in [1.807, 2.05) is 24.3 Å². The van der Waals surface area contributed by atoms with E-state index in [0.717, 1.165) is 11.1 Å². The number of rotatable bonds is 4. The van der Waals surface area contributed by atoms with Gasteiger partial charge in [0, 0.05) is 17.0 Å². The van der Waals surface area contributed by atoms with Gasteiger partial charge in [0.15, 0.2) is 11.5 Å². The van der Waals surface area contributed by atoms with Crippen molar-refractivity contribution in [1.29, 1.82) is 0 Å². The number of carbonyl (C=O) groups is 1. The molecule has 0 bridgehead atoms. The lowest BCUT2D eigenvalue weighted by atomic mass is 10.0. The van der Waals surface area contributed by atoms with Crippen molar-refractivity contribution in [3.05, 3.63) is 48.3 Å². The molecule has 1 amide bonds. The van der Waals surface area contributed by atoms with Crippen molar-refractivity contribution in [1.82, 2.24) is 9.97 Å². The number of amides is 1. The molecule has 6 nitrogen and oxygen atoms in total. The van der Waals surface area contributed by atoms with Crippen LogP contribution in [0.3, 0.4) is 0 Å². The summed E-state index contributed by atoms with van der Waals surface area (Å²) in [5, 5.41) is 10.7. The predicted molar refractivity (Wildman–Crippen MR) is 86.1 cm³/mol. The fourth-order valence-electron chi connectivity index (χ4n) is 2.45. The third kappa shape index (κ3) is 2.91. The Morgan fingerprint density at radius 3 is 2.61 bits per heavy atom. The van der Waals surface area contributed by atoms with Crippen LogP contribution in [0.2, 0.25) is 0 Å². The average molecular weight is 309 g/mol. The van der Waals surface area contributed by atoms with Gasteiger partial charge < -0.3 is 15.6 Å². The molecule has 1 heterocycles. The second-order valence-corrected chi connectivity index (χ2v) is 5.10. The lowest BCUT2D eigenvalue weighted by Gasteiger charge is -2.09. The molecule has 0 unspecified atom stereocenters. The number of carbonyl (C=O) groups excluding carboxylic acids is 1.